The second-order valence-electron chi connectivity index (χ2n) is 7.83. The van der Waals surface area contributed by atoms with Gasteiger partial charge in [0.15, 0.2) is 0 Å². The molecule has 0 spiro atoms. The third kappa shape index (κ3) is 6.15. The van der Waals surface area contributed by atoms with Gasteiger partial charge in [0.1, 0.15) is 11.5 Å². The SMILES string of the molecule is O=C(C=C1CCCOc2cc(C(F)(F)F)ccc21)Nc1ccc(Oc2ccc(C(F)(F)F)cn2)cc1. The Kier molecular flexibility index (Phi) is 6.91. The summed E-state index contributed by atoms with van der Waals surface area (Å²) in [5.41, 5.74) is -0.362. The van der Waals surface area contributed by atoms with Gasteiger partial charge in [-0.15, -0.1) is 0 Å². The predicted octanol–water partition coefficient (Wildman–Crippen LogP) is 7.11. The summed E-state index contributed by atoms with van der Waals surface area (Å²) in [6.07, 6.45) is -6.06. The maximum atomic E-state index is 13.0. The maximum Gasteiger partial charge on any atom is 0.417 e. The second-order valence-corrected chi connectivity index (χ2v) is 7.83. The molecule has 0 saturated heterocycles. The van der Waals surface area contributed by atoms with Gasteiger partial charge in [-0.1, -0.05) is 6.07 Å². The lowest BCUT2D eigenvalue weighted by Gasteiger charge is -2.13. The number of amides is 1. The molecule has 2 heterocycles. The molecule has 5 nitrogen and oxygen atoms in total. The highest BCUT2D eigenvalue weighted by Gasteiger charge is 2.32. The van der Waals surface area contributed by atoms with Crippen LogP contribution in [0.25, 0.3) is 5.57 Å². The van der Waals surface area contributed by atoms with Crippen LogP contribution in [0.4, 0.5) is 32.0 Å². The number of anilines is 1. The van der Waals surface area contributed by atoms with E-state index in [1.54, 1.807) is 0 Å². The fourth-order valence-corrected chi connectivity index (χ4v) is 3.48. The van der Waals surface area contributed by atoms with Crippen molar-refractivity contribution in [1.82, 2.24) is 4.98 Å². The summed E-state index contributed by atoms with van der Waals surface area (Å²) in [6.45, 7) is 0.225. The standard InChI is InChI=1S/C25H18F6N2O3/c26-24(27,28)16-3-9-20-15(2-1-11-35-21(20)13-16)12-22(34)33-18-5-7-19(8-6-18)36-23-10-4-17(14-32-23)25(29,30)31/h3-10,12-14H,1-2,11H2,(H,33,34). The quantitative estimate of drug-likeness (QED) is 0.302. The van der Waals surface area contributed by atoms with Crippen LogP contribution in [0, 0.1) is 0 Å². The van der Waals surface area contributed by atoms with Gasteiger partial charge in [0.25, 0.3) is 0 Å². The van der Waals surface area contributed by atoms with E-state index in [4.69, 9.17) is 9.47 Å². The number of rotatable bonds is 4. The largest absolute Gasteiger partial charge is 0.493 e. The molecule has 1 aliphatic heterocycles. The molecule has 1 aliphatic rings. The minimum atomic E-state index is -4.51. The van der Waals surface area contributed by atoms with E-state index in [1.807, 2.05) is 0 Å². The number of nitrogens with one attached hydrogen (secondary N) is 1. The molecule has 2 aromatic carbocycles. The van der Waals surface area contributed by atoms with E-state index in [2.05, 4.69) is 10.3 Å². The van der Waals surface area contributed by atoms with Crippen molar-refractivity contribution in [2.75, 3.05) is 11.9 Å². The number of hydrogen-bond donors (Lipinski definition) is 1. The first-order valence-corrected chi connectivity index (χ1v) is 10.7. The molecule has 0 aliphatic carbocycles. The lowest BCUT2D eigenvalue weighted by Crippen LogP contribution is -2.09. The fourth-order valence-electron chi connectivity index (χ4n) is 3.48. The molecule has 0 fully saturated rings. The number of hydrogen-bond acceptors (Lipinski definition) is 4. The van der Waals surface area contributed by atoms with Gasteiger partial charge in [-0.2, -0.15) is 26.3 Å². The number of carbonyl (C=O) groups is 1. The predicted molar refractivity (Wildman–Crippen MR) is 119 cm³/mol. The van der Waals surface area contributed by atoms with Crippen molar-refractivity contribution in [3.63, 3.8) is 0 Å². The number of carbonyl (C=O) groups excluding carboxylic acids is 1. The average Bonchev–Trinajstić information content (AvgIpc) is 3.01. The first-order valence-electron chi connectivity index (χ1n) is 10.7. The van der Waals surface area contributed by atoms with Crippen LogP contribution in [0.15, 0.2) is 66.9 Å². The number of halogens is 6. The molecule has 0 radical (unpaired) electrons. The van der Waals surface area contributed by atoms with E-state index in [9.17, 15) is 31.1 Å². The van der Waals surface area contributed by atoms with E-state index in [-0.39, 0.29) is 24.0 Å². The number of allylic oxidation sites excluding steroid dienone is 1. The molecule has 1 N–H and O–H groups in total. The Labute approximate surface area is 201 Å². The first-order chi connectivity index (χ1) is 17.0. The Balaban J connectivity index is 1.43. The summed E-state index contributed by atoms with van der Waals surface area (Å²) >= 11 is 0. The van der Waals surface area contributed by atoms with Crippen molar-refractivity contribution >= 4 is 17.2 Å². The van der Waals surface area contributed by atoms with E-state index in [0.29, 0.717) is 35.9 Å². The monoisotopic (exact) mass is 508 g/mol. The molecule has 4 rings (SSSR count). The van der Waals surface area contributed by atoms with E-state index >= 15 is 0 Å². The molecule has 1 aromatic heterocycles. The van der Waals surface area contributed by atoms with Crippen LogP contribution < -0.4 is 14.8 Å². The van der Waals surface area contributed by atoms with Gasteiger partial charge in [-0.05, 0) is 60.9 Å². The Morgan fingerprint density at radius 3 is 2.28 bits per heavy atom. The van der Waals surface area contributed by atoms with Crippen LogP contribution in [-0.2, 0) is 17.1 Å². The molecule has 3 aromatic rings. The Bertz CT molecular complexity index is 1270. The van der Waals surface area contributed by atoms with Gasteiger partial charge >= 0.3 is 12.4 Å². The zero-order valence-corrected chi connectivity index (χ0v) is 18.4. The third-order valence-electron chi connectivity index (χ3n) is 5.22. The molecule has 0 saturated carbocycles. The lowest BCUT2D eigenvalue weighted by atomic mass is 9.99. The van der Waals surface area contributed by atoms with E-state index in [1.165, 1.54) is 36.4 Å². The van der Waals surface area contributed by atoms with Crippen molar-refractivity contribution < 1.29 is 40.6 Å². The van der Waals surface area contributed by atoms with Gasteiger partial charge in [-0.25, -0.2) is 4.98 Å². The lowest BCUT2D eigenvalue weighted by molar-refractivity contribution is -0.138. The van der Waals surface area contributed by atoms with Gasteiger partial charge in [0.2, 0.25) is 11.8 Å². The van der Waals surface area contributed by atoms with Gasteiger partial charge in [0.05, 0.1) is 17.7 Å². The summed E-state index contributed by atoms with van der Waals surface area (Å²) in [4.78, 5) is 16.2. The van der Waals surface area contributed by atoms with Crippen LogP contribution >= 0.6 is 0 Å². The molecule has 0 atom stereocenters. The minimum absolute atomic E-state index is 0.0348. The zero-order valence-electron chi connectivity index (χ0n) is 18.4. The summed E-state index contributed by atoms with van der Waals surface area (Å²) in [6, 6.07) is 11.2. The van der Waals surface area contributed by atoms with Gasteiger partial charge in [-0.3, -0.25) is 4.79 Å². The molecule has 36 heavy (non-hydrogen) atoms. The third-order valence-corrected chi connectivity index (χ3v) is 5.22. The van der Waals surface area contributed by atoms with Crippen LogP contribution in [0.5, 0.6) is 17.4 Å². The first kappa shape index (κ1) is 25.1. The van der Waals surface area contributed by atoms with Gasteiger partial charge < -0.3 is 14.8 Å². The number of pyridine rings is 1. The highest BCUT2D eigenvalue weighted by atomic mass is 19.4. The smallest absolute Gasteiger partial charge is 0.417 e. The number of aromatic nitrogens is 1. The van der Waals surface area contributed by atoms with Crippen molar-refractivity contribution in [3.8, 4) is 17.4 Å². The topological polar surface area (TPSA) is 60.5 Å². The fraction of sp³-hybridized carbons (Fsp3) is 0.200. The number of nitrogens with zero attached hydrogens (tertiary/aromatic N) is 1. The highest BCUT2D eigenvalue weighted by Crippen LogP contribution is 2.38. The summed E-state index contributed by atoms with van der Waals surface area (Å²) in [5.74, 6) is -0.169. The number of ether oxygens (including phenoxy) is 2. The van der Waals surface area contributed by atoms with Crippen LogP contribution in [0.2, 0.25) is 0 Å². The Morgan fingerprint density at radius 1 is 0.944 bits per heavy atom. The highest BCUT2D eigenvalue weighted by molar-refractivity contribution is 6.04. The van der Waals surface area contributed by atoms with Crippen molar-refractivity contribution in [2.45, 2.75) is 25.2 Å². The Morgan fingerprint density at radius 2 is 1.64 bits per heavy atom. The number of fused-ring (bicyclic) bond motifs is 1. The molecule has 188 valence electrons. The number of benzene rings is 2. The summed E-state index contributed by atoms with van der Waals surface area (Å²) in [5, 5.41) is 2.66. The molecule has 11 heteroatoms. The average molecular weight is 508 g/mol. The molecular formula is C25H18F6N2O3. The van der Waals surface area contributed by atoms with Crippen LogP contribution in [-0.4, -0.2) is 17.5 Å². The van der Waals surface area contributed by atoms with E-state index in [0.717, 1.165) is 24.3 Å². The normalized spacial score (nSPS) is 15.0. The zero-order chi connectivity index (χ0) is 25.9. The molecule has 0 bridgehead atoms. The molecular weight excluding hydrogens is 490 g/mol. The second kappa shape index (κ2) is 9.92. The van der Waals surface area contributed by atoms with Crippen molar-refractivity contribution in [3.05, 3.63) is 83.6 Å². The minimum Gasteiger partial charge on any atom is -0.493 e. The van der Waals surface area contributed by atoms with Crippen molar-refractivity contribution in [2.24, 2.45) is 0 Å². The Hall–Kier alpha value is -4.02. The van der Waals surface area contributed by atoms with E-state index < -0.39 is 29.4 Å². The van der Waals surface area contributed by atoms with Crippen molar-refractivity contribution in [1.29, 1.82) is 0 Å². The summed E-state index contributed by atoms with van der Waals surface area (Å²) in [7, 11) is 0. The molecule has 1 amide bonds. The van der Waals surface area contributed by atoms with Crippen LogP contribution in [0.1, 0.15) is 29.5 Å². The maximum absolute atomic E-state index is 13.0. The number of alkyl halides is 6. The van der Waals surface area contributed by atoms with Crippen LogP contribution in [0.3, 0.4) is 0 Å². The summed E-state index contributed by atoms with van der Waals surface area (Å²) < 4.78 is 87.8. The molecule has 0 unspecified atom stereocenters. The van der Waals surface area contributed by atoms with Gasteiger partial charge in [0, 0.05) is 29.6 Å².